The molecule has 0 heterocycles. The zero-order valence-electron chi connectivity index (χ0n) is 10.0. The quantitative estimate of drug-likeness (QED) is 0.396. The summed E-state index contributed by atoms with van der Waals surface area (Å²) in [6, 6.07) is 0. The Morgan fingerprint density at radius 1 is 1.38 bits per heavy atom. The van der Waals surface area contributed by atoms with Crippen LogP contribution in [-0.2, 0) is 19.1 Å². The Labute approximate surface area is 95.9 Å². The number of carbonyl (C=O) groups excluding carboxylic acids is 2. The Kier molecular flexibility index (Phi) is 6.92. The molecule has 0 unspecified atom stereocenters. The highest BCUT2D eigenvalue weighted by Gasteiger charge is 2.14. The van der Waals surface area contributed by atoms with Crippen molar-refractivity contribution >= 4 is 11.9 Å². The van der Waals surface area contributed by atoms with Crippen LogP contribution in [0.1, 0.15) is 33.1 Å². The van der Waals surface area contributed by atoms with E-state index in [4.69, 9.17) is 4.74 Å². The maximum absolute atomic E-state index is 11.3. The molecule has 4 nitrogen and oxygen atoms in total. The molecule has 0 aromatic heterocycles. The molecule has 0 aromatic carbocycles. The van der Waals surface area contributed by atoms with Crippen LogP contribution in [0, 0.1) is 0 Å². The smallest absolute Gasteiger partial charge is 0.336 e. The van der Waals surface area contributed by atoms with Gasteiger partial charge in [-0.15, -0.1) is 0 Å². The molecule has 0 aliphatic heterocycles. The zero-order chi connectivity index (χ0) is 12.6. The number of carbonyl (C=O) groups is 2. The first-order valence-electron chi connectivity index (χ1n) is 5.19. The van der Waals surface area contributed by atoms with Gasteiger partial charge in [0.1, 0.15) is 5.76 Å². The van der Waals surface area contributed by atoms with Crippen molar-refractivity contribution in [1.82, 2.24) is 0 Å². The van der Waals surface area contributed by atoms with E-state index in [1.165, 1.54) is 7.11 Å². The number of esters is 2. The van der Waals surface area contributed by atoms with Crippen molar-refractivity contribution in [1.29, 1.82) is 0 Å². The second-order valence-corrected chi connectivity index (χ2v) is 3.27. The molecule has 90 valence electrons. The molecule has 0 rings (SSSR count). The predicted octanol–water partition coefficient (Wildman–Crippen LogP) is 2.35. The van der Waals surface area contributed by atoms with Gasteiger partial charge in [0, 0.05) is 12.5 Å². The minimum Gasteiger partial charge on any atom is -0.466 e. The summed E-state index contributed by atoms with van der Waals surface area (Å²) in [5, 5.41) is 0. The molecule has 0 fully saturated rings. The Hall–Kier alpha value is -1.58. The number of methoxy groups -OCH3 is 1. The van der Waals surface area contributed by atoms with E-state index in [9.17, 15) is 9.59 Å². The van der Waals surface area contributed by atoms with E-state index in [-0.39, 0.29) is 0 Å². The third kappa shape index (κ3) is 4.77. The van der Waals surface area contributed by atoms with E-state index in [0.29, 0.717) is 17.8 Å². The lowest BCUT2D eigenvalue weighted by Gasteiger charge is -2.09. The van der Waals surface area contributed by atoms with Crippen molar-refractivity contribution in [3.05, 3.63) is 24.0 Å². The number of rotatable bonds is 6. The Bertz CT molecular complexity index is 302. The van der Waals surface area contributed by atoms with Gasteiger partial charge in [-0.05, 0) is 13.3 Å². The van der Waals surface area contributed by atoms with E-state index < -0.39 is 11.9 Å². The van der Waals surface area contributed by atoms with Gasteiger partial charge in [-0.2, -0.15) is 0 Å². The molecular weight excluding hydrogens is 208 g/mol. The molecule has 0 amide bonds. The van der Waals surface area contributed by atoms with E-state index >= 15 is 0 Å². The number of ether oxygens (including phenoxy) is 2. The van der Waals surface area contributed by atoms with Gasteiger partial charge in [0.05, 0.1) is 12.7 Å². The molecule has 0 bridgehead atoms. The number of hydrogen-bond acceptors (Lipinski definition) is 4. The fourth-order valence-electron chi connectivity index (χ4n) is 1.08. The van der Waals surface area contributed by atoms with Crippen molar-refractivity contribution in [3.63, 3.8) is 0 Å². The first kappa shape index (κ1) is 14.4. The first-order valence-corrected chi connectivity index (χ1v) is 5.19. The normalized spacial score (nSPS) is 11.4. The average molecular weight is 226 g/mol. The van der Waals surface area contributed by atoms with Crippen molar-refractivity contribution < 1.29 is 19.1 Å². The summed E-state index contributed by atoms with van der Waals surface area (Å²) in [7, 11) is 1.29. The van der Waals surface area contributed by atoms with Crippen LogP contribution in [0.4, 0.5) is 0 Å². The fraction of sp³-hybridized carbons (Fsp3) is 0.500. The van der Waals surface area contributed by atoms with Crippen LogP contribution in [0.5, 0.6) is 0 Å². The number of allylic oxidation sites excluding steroid dienone is 1. The Balaban J connectivity index is 4.82. The number of hydrogen-bond donors (Lipinski definition) is 0. The maximum atomic E-state index is 11.3. The largest absolute Gasteiger partial charge is 0.466 e. The summed E-state index contributed by atoms with van der Waals surface area (Å²) in [5.41, 5.74) is 0.325. The van der Waals surface area contributed by atoms with Crippen molar-refractivity contribution in [3.8, 4) is 0 Å². The third-order valence-corrected chi connectivity index (χ3v) is 2.06. The Morgan fingerprint density at radius 3 is 2.44 bits per heavy atom. The van der Waals surface area contributed by atoms with E-state index in [1.54, 1.807) is 6.92 Å². The summed E-state index contributed by atoms with van der Waals surface area (Å²) in [4.78, 5) is 22.4. The monoisotopic (exact) mass is 226 g/mol. The molecule has 0 aromatic rings. The van der Waals surface area contributed by atoms with Gasteiger partial charge in [0.2, 0.25) is 0 Å². The van der Waals surface area contributed by atoms with Crippen LogP contribution in [-0.4, -0.2) is 19.0 Å². The topological polar surface area (TPSA) is 52.6 Å². The van der Waals surface area contributed by atoms with E-state index in [2.05, 4.69) is 11.3 Å². The van der Waals surface area contributed by atoms with Gasteiger partial charge in [0.15, 0.2) is 0 Å². The van der Waals surface area contributed by atoms with E-state index in [1.807, 2.05) is 6.92 Å². The molecule has 16 heavy (non-hydrogen) atoms. The lowest BCUT2D eigenvalue weighted by molar-refractivity contribution is -0.137. The molecule has 0 radical (unpaired) electrons. The lowest BCUT2D eigenvalue weighted by atomic mass is 10.1. The van der Waals surface area contributed by atoms with Crippen LogP contribution < -0.4 is 0 Å². The van der Waals surface area contributed by atoms with Crippen LogP contribution >= 0.6 is 0 Å². The van der Waals surface area contributed by atoms with Gasteiger partial charge in [-0.1, -0.05) is 19.9 Å². The summed E-state index contributed by atoms with van der Waals surface area (Å²) >= 11 is 0. The highest BCUT2D eigenvalue weighted by atomic mass is 16.5. The van der Waals surface area contributed by atoms with Crippen molar-refractivity contribution in [2.24, 2.45) is 0 Å². The summed E-state index contributed by atoms with van der Waals surface area (Å²) in [6.45, 7) is 6.90. The van der Waals surface area contributed by atoms with Crippen molar-refractivity contribution in [2.45, 2.75) is 33.1 Å². The average Bonchev–Trinajstić information content (AvgIpc) is 2.31. The van der Waals surface area contributed by atoms with Crippen LogP contribution in [0.2, 0.25) is 0 Å². The van der Waals surface area contributed by atoms with Crippen LogP contribution in [0.3, 0.4) is 0 Å². The van der Waals surface area contributed by atoms with Gasteiger partial charge in [0.25, 0.3) is 0 Å². The minimum atomic E-state index is -0.561. The predicted molar refractivity (Wildman–Crippen MR) is 60.5 cm³/mol. The fourth-order valence-corrected chi connectivity index (χ4v) is 1.08. The van der Waals surface area contributed by atoms with Crippen LogP contribution in [0.15, 0.2) is 24.0 Å². The lowest BCUT2D eigenvalue weighted by Crippen LogP contribution is -2.10. The third-order valence-electron chi connectivity index (χ3n) is 2.06. The van der Waals surface area contributed by atoms with Gasteiger partial charge >= 0.3 is 11.9 Å². The molecule has 0 spiro atoms. The van der Waals surface area contributed by atoms with Gasteiger partial charge in [-0.25, -0.2) is 9.59 Å². The SMILES string of the molecule is C=CC(=O)OC(CCCC)=C(C)C(=O)OC. The molecule has 4 heteroatoms. The highest BCUT2D eigenvalue weighted by molar-refractivity contribution is 5.89. The standard InChI is InChI=1S/C12H18O4/c1-5-7-8-10(16-11(13)6-2)9(3)12(14)15-4/h6H,2,5,7-8H2,1,3-4H3. The first-order chi connectivity index (χ1) is 7.56. The van der Waals surface area contributed by atoms with Gasteiger partial charge in [-0.3, -0.25) is 0 Å². The molecule has 0 atom stereocenters. The molecule has 0 N–H and O–H groups in total. The molecule has 0 saturated heterocycles. The summed E-state index contributed by atoms with van der Waals surface area (Å²) in [5.74, 6) is -0.684. The summed E-state index contributed by atoms with van der Waals surface area (Å²) < 4.78 is 9.58. The molecule has 0 aliphatic carbocycles. The second kappa shape index (κ2) is 7.68. The highest BCUT2D eigenvalue weighted by Crippen LogP contribution is 2.15. The molecule has 0 aliphatic rings. The number of unbranched alkanes of at least 4 members (excludes halogenated alkanes) is 1. The van der Waals surface area contributed by atoms with E-state index in [0.717, 1.165) is 18.9 Å². The molecular formula is C12H18O4. The van der Waals surface area contributed by atoms with Gasteiger partial charge < -0.3 is 9.47 Å². The van der Waals surface area contributed by atoms with Crippen molar-refractivity contribution in [2.75, 3.05) is 7.11 Å². The maximum Gasteiger partial charge on any atom is 0.336 e. The Morgan fingerprint density at radius 2 is 2.00 bits per heavy atom. The zero-order valence-corrected chi connectivity index (χ0v) is 10.0. The second-order valence-electron chi connectivity index (χ2n) is 3.27. The molecule has 0 saturated carbocycles. The minimum absolute atomic E-state index is 0.325. The summed E-state index contributed by atoms with van der Waals surface area (Å²) in [6.07, 6.45) is 3.39. The van der Waals surface area contributed by atoms with Crippen LogP contribution in [0.25, 0.3) is 0 Å².